The molecular formula is C31H34F2N6O2. The summed E-state index contributed by atoms with van der Waals surface area (Å²) in [6.45, 7) is 5.29. The number of ether oxygens (including phenoxy) is 1. The number of anilines is 2. The van der Waals surface area contributed by atoms with Gasteiger partial charge in [0.25, 0.3) is 5.91 Å². The normalized spacial score (nSPS) is 16.8. The minimum atomic E-state index is -0.611. The number of fused-ring (bicyclic) bond motifs is 1. The molecule has 2 aliphatic rings. The standard InChI is InChI=1S/C31H34F2N6O2/c1-38-6-8-39(9-7-38)26-17-23(13-20-4-10-41-11-5-20)29(34-19-26)31(40)35-30-27-16-21(2-3-28(27)36-37-30)12-22-14-24(32)18-25(33)15-22/h2-3,14-20H,4-13H2,1H3,(H2,35,36,37,40). The van der Waals surface area contributed by atoms with E-state index in [4.69, 9.17) is 4.74 Å². The van der Waals surface area contributed by atoms with Crippen LogP contribution in [0, 0.1) is 17.6 Å². The predicted octanol–water partition coefficient (Wildman–Crippen LogP) is 4.80. The number of H-pyrrole nitrogens is 1. The van der Waals surface area contributed by atoms with Crippen LogP contribution in [0.3, 0.4) is 0 Å². The van der Waals surface area contributed by atoms with Gasteiger partial charge in [-0.2, -0.15) is 5.10 Å². The van der Waals surface area contributed by atoms with E-state index in [-0.39, 0.29) is 5.91 Å². The van der Waals surface area contributed by atoms with Crippen molar-refractivity contribution >= 4 is 28.3 Å². The largest absolute Gasteiger partial charge is 0.381 e. The number of nitrogens with zero attached hydrogens (tertiary/aromatic N) is 4. The van der Waals surface area contributed by atoms with E-state index in [1.54, 1.807) is 6.20 Å². The van der Waals surface area contributed by atoms with Crippen LogP contribution in [0.15, 0.2) is 48.7 Å². The lowest BCUT2D eigenvalue weighted by molar-refractivity contribution is 0.0664. The molecule has 0 spiro atoms. The molecule has 41 heavy (non-hydrogen) atoms. The number of pyridine rings is 1. The summed E-state index contributed by atoms with van der Waals surface area (Å²) in [7, 11) is 2.13. The maximum Gasteiger partial charge on any atom is 0.275 e. The average Bonchev–Trinajstić information content (AvgIpc) is 3.35. The van der Waals surface area contributed by atoms with Gasteiger partial charge in [0.1, 0.15) is 17.3 Å². The lowest BCUT2D eigenvalue weighted by Gasteiger charge is -2.34. The summed E-state index contributed by atoms with van der Waals surface area (Å²) in [5.74, 6) is -0.719. The van der Waals surface area contributed by atoms with Gasteiger partial charge in [0, 0.05) is 50.8 Å². The Labute approximate surface area is 237 Å². The van der Waals surface area contributed by atoms with Crippen LogP contribution in [0.1, 0.15) is 40.0 Å². The van der Waals surface area contributed by atoms with Crippen LogP contribution in [0.4, 0.5) is 20.3 Å². The first-order valence-corrected chi connectivity index (χ1v) is 14.1. The summed E-state index contributed by atoms with van der Waals surface area (Å²) >= 11 is 0. The van der Waals surface area contributed by atoms with Gasteiger partial charge in [-0.3, -0.25) is 9.89 Å². The molecule has 6 rings (SSSR count). The molecule has 2 aliphatic heterocycles. The fourth-order valence-electron chi connectivity index (χ4n) is 5.74. The molecular weight excluding hydrogens is 526 g/mol. The second-order valence-corrected chi connectivity index (χ2v) is 11.1. The number of piperazine rings is 1. The Morgan fingerprint density at radius 3 is 2.54 bits per heavy atom. The zero-order valence-corrected chi connectivity index (χ0v) is 23.1. The van der Waals surface area contributed by atoms with E-state index >= 15 is 0 Å². The lowest BCUT2D eigenvalue weighted by Crippen LogP contribution is -2.44. The molecule has 2 saturated heterocycles. The molecule has 214 valence electrons. The van der Waals surface area contributed by atoms with Crippen LogP contribution < -0.4 is 10.2 Å². The number of rotatable bonds is 7. The average molecular weight is 561 g/mol. The summed E-state index contributed by atoms with van der Waals surface area (Å²) in [4.78, 5) is 23.0. The van der Waals surface area contributed by atoms with Crippen molar-refractivity contribution < 1.29 is 18.3 Å². The molecule has 4 heterocycles. The third-order valence-electron chi connectivity index (χ3n) is 8.07. The van der Waals surface area contributed by atoms with Gasteiger partial charge in [0.2, 0.25) is 0 Å². The molecule has 2 fully saturated rings. The molecule has 8 nitrogen and oxygen atoms in total. The van der Waals surface area contributed by atoms with Gasteiger partial charge < -0.3 is 19.9 Å². The SMILES string of the molecule is CN1CCN(c2cnc(C(=O)Nc3n[nH]c4ccc(Cc5cc(F)cc(F)c5)cc34)c(CC3CCOCC3)c2)CC1. The first kappa shape index (κ1) is 27.3. The van der Waals surface area contributed by atoms with Gasteiger partial charge >= 0.3 is 0 Å². The van der Waals surface area contributed by atoms with E-state index in [0.717, 1.165) is 87.1 Å². The fourth-order valence-corrected chi connectivity index (χ4v) is 5.74. The van der Waals surface area contributed by atoms with E-state index in [1.165, 1.54) is 12.1 Å². The van der Waals surface area contributed by atoms with Crippen LogP contribution >= 0.6 is 0 Å². The molecule has 2 aromatic heterocycles. The predicted molar refractivity (Wildman–Crippen MR) is 154 cm³/mol. The Balaban J connectivity index is 1.25. The van der Waals surface area contributed by atoms with Crippen molar-refractivity contribution in [2.45, 2.75) is 25.7 Å². The van der Waals surface area contributed by atoms with Crippen molar-refractivity contribution in [3.63, 3.8) is 0 Å². The highest BCUT2D eigenvalue weighted by Crippen LogP contribution is 2.28. The number of hydrogen-bond donors (Lipinski definition) is 2. The molecule has 0 saturated carbocycles. The van der Waals surface area contributed by atoms with Crippen LogP contribution in [0.5, 0.6) is 0 Å². The Bertz CT molecular complexity index is 1520. The minimum Gasteiger partial charge on any atom is -0.381 e. The molecule has 2 N–H and O–H groups in total. The smallest absolute Gasteiger partial charge is 0.275 e. The molecule has 0 radical (unpaired) electrons. The number of amides is 1. The molecule has 4 aromatic rings. The van der Waals surface area contributed by atoms with Crippen LogP contribution in [0.25, 0.3) is 10.9 Å². The van der Waals surface area contributed by atoms with Gasteiger partial charge in [-0.1, -0.05) is 6.07 Å². The molecule has 0 aliphatic carbocycles. The zero-order chi connectivity index (χ0) is 28.3. The Morgan fingerprint density at radius 2 is 1.78 bits per heavy atom. The van der Waals surface area contributed by atoms with Gasteiger partial charge in [-0.05, 0) is 85.7 Å². The number of likely N-dealkylation sites (N-methyl/N-ethyl adjacent to an activating group) is 1. The fraction of sp³-hybridized carbons (Fsp3) is 0.387. The Morgan fingerprint density at radius 1 is 1.02 bits per heavy atom. The Hall–Kier alpha value is -3.89. The van der Waals surface area contributed by atoms with Crippen molar-refractivity contribution in [3.8, 4) is 0 Å². The Kier molecular flexibility index (Phi) is 7.93. The summed E-state index contributed by atoms with van der Waals surface area (Å²) in [5, 5.41) is 11.0. The lowest BCUT2D eigenvalue weighted by atomic mass is 9.91. The van der Waals surface area contributed by atoms with E-state index in [1.807, 2.05) is 18.2 Å². The number of aromatic amines is 1. The number of nitrogens with one attached hydrogen (secondary N) is 2. The first-order valence-electron chi connectivity index (χ1n) is 14.1. The molecule has 0 bridgehead atoms. The van der Waals surface area contributed by atoms with E-state index in [2.05, 4.69) is 43.4 Å². The topological polar surface area (TPSA) is 86.4 Å². The van der Waals surface area contributed by atoms with Gasteiger partial charge in [-0.25, -0.2) is 13.8 Å². The van der Waals surface area contributed by atoms with E-state index < -0.39 is 11.6 Å². The van der Waals surface area contributed by atoms with E-state index in [9.17, 15) is 13.6 Å². The molecule has 0 unspecified atom stereocenters. The first-order chi connectivity index (χ1) is 19.9. The number of aromatic nitrogens is 3. The quantitative estimate of drug-likeness (QED) is 0.338. The maximum absolute atomic E-state index is 13.7. The highest BCUT2D eigenvalue weighted by molar-refractivity contribution is 6.07. The highest BCUT2D eigenvalue weighted by Gasteiger charge is 2.23. The summed E-state index contributed by atoms with van der Waals surface area (Å²) in [6, 6.07) is 11.2. The summed E-state index contributed by atoms with van der Waals surface area (Å²) < 4.78 is 33.0. The summed E-state index contributed by atoms with van der Waals surface area (Å²) in [5.41, 5.74) is 4.49. The van der Waals surface area contributed by atoms with Crippen molar-refractivity contribution in [3.05, 3.63) is 82.7 Å². The van der Waals surface area contributed by atoms with Crippen molar-refractivity contribution in [2.24, 2.45) is 5.92 Å². The zero-order valence-electron chi connectivity index (χ0n) is 23.1. The molecule has 1 amide bonds. The van der Waals surface area contributed by atoms with Gasteiger partial charge in [0.05, 0.1) is 17.4 Å². The number of carbonyl (C=O) groups is 1. The van der Waals surface area contributed by atoms with Crippen LogP contribution in [0.2, 0.25) is 0 Å². The second-order valence-electron chi connectivity index (χ2n) is 11.1. The number of halogens is 2. The number of hydrogen-bond acceptors (Lipinski definition) is 6. The van der Waals surface area contributed by atoms with Gasteiger partial charge in [0.15, 0.2) is 5.82 Å². The molecule has 2 aromatic carbocycles. The van der Waals surface area contributed by atoms with Crippen molar-refractivity contribution in [2.75, 3.05) is 56.7 Å². The van der Waals surface area contributed by atoms with Crippen LogP contribution in [-0.2, 0) is 17.6 Å². The summed E-state index contributed by atoms with van der Waals surface area (Å²) in [6.07, 6.45) is 4.82. The van der Waals surface area contributed by atoms with Crippen molar-refractivity contribution in [1.82, 2.24) is 20.1 Å². The van der Waals surface area contributed by atoms with E-state index in [0.29, 0.717) is 34.8 Å². The number of benzene rings is 2. The second kappa shape index (κ2) is 11.9. The van der Waals surface area contributed by atoms with Crippen LogP contribution in [-0.4, -0.2) is 72.4 Å². The van der Waals surface area contributed by atoms with Crippen molar-refractivity contribution in [1.29, 1.82) is 0 Å². The monoisotopic (exact) mass is 560 g/mol. The third-order valence-corrected chi connectivity index (χ3v) is 8.07. The molecule has 0 atom stereocenters. The highest BCUT2D eigenvalue weighted by atomic mass is 19.1. The molecule has 10 heteroatoms. The number of carbonyl (C=O) groups excluding carboxylic acids is 1. The third kappa shape index (κ3) is 6.39. The van der Waals surface area contributed by atoms with Gasteiger partial charge in [-0.15, -0.1) is 0 Å². The maximum atomic E-state index is 13.7. The minimum absolute atomic E-state index is 0.317.